The van der Waals surface area contributed by atoms with E-state index in [4.69, 9.17) is 0 Å². The smallest absolute Gasteiger partial charge is 0.255 e. The summed E-state index contributed by atoms with van der Waals surface area (Å²) in [6, 6.07) is 11.6. The molecule has 0 atom stereocenters. The first kappa shape index (κ1) is 17.4. The largest absolute Gasteiger partial charge is 0.336 e. The average Bonchev–Trinajstić information content (AvgIpc) is 2.69. The first-order valence-electron chi connectivity index (χ1n) is 9.14. The van der Waals surface area contributed by atoms with Crippen molar-refractivity contribution in [3.63, 3.8) is 0 Å². The second-order valence-electron chi connectivity index (χ2n) is 7.02. The normalized spacial score (nSPS) is 15.2. The molecule has 2 aromatic heterocycles. The number of nitrogens with zero attached hydrogens (tertiary/aromatic N) is 3. The zero-order valence-corrected chi connectivity index (χ0v) is 15.3. The van der Waals surface area contributed by atoms with E-state index in [1.807, 2.05) is 30.0 Å². The molecule has 6 heteroatoms. The number of aromatic amines is 1. The molecule has 0 spiro atoms. The number of rotatable bonds is 3. The highest BCUT2D eigenvalue weighted by Crippen LogP contribution is 2.15. The highest BCUT2D eigenvalue weighted by molar-refractivity contribution is 5.93. The molecule has 138 valence electrons. The standard InChI is InChI=1S/C21H22N4O2/c1-15-4-5-19-17(11-15)12-18(20(26)23-19)14-24-7-9-25(10-8-24)21(27)16-3-2-6-22-13-16/h2-6,11-13H,7-10,14H2,1H3,(H,23,26). The maximum atomic E-state index is 12.5. The molecule has 0 unspecified atom stereocenters. The van der Waals surface area contributed by atoms with Crippen molar-refractivity contribution >= 4 is 16.8 Å². The van der Waals surface area contributed by atoms with Crippen LogP contribution in [0.3, 0.4) is 0 Å². The van der Waals surface area contributed by atoms with E-state index in [-0.39, 0.29) is 11.5 Å². The Labute approximate surface area is 157 Å². The molecule has 4 rings (SSSR count). The molecule has 1 aliphatic heterocycles. The predicted molar refractivity (Wildman–Crippen MR) is 105 cm³/mol. The fourth-order valence-electron chi connectivity index (χ4n) is 3.51. The van der Waals surface area contributed by atoms with Crippen molar-refractivity contribution in [1.82, 2.24) is 19.8 Å². The van der Waals surface area contributed by atoms with Crippen molar-refractivity contribution in [1.29, 1.82) is 0 Å². The van der Waals surface area contributed by atoms with Gasteiger partial charge < -0.3 is 9.88 Å². The van der Waals surface area contributed by atoms with Crippen LogP contribution in [0.25, 0.3) is 10.9 Å². The highest BCUT2D eigenvalue weighted by atomic mass is 16.2. The molecule has 0 aliphatic carbocycles. The van der Waals surface area contributed by atoms with Crippen LogP contribution in [0.15, 0.2) is 53.6 Å². The Hall–Kier alpha value is -2.99. The molecule has 0 bridgehead atoms. The minimum absolute atomic E-state index is 0.0155. The molecule has 3 heterocycles. The van der Waals surface area contributed by atoms with E-state index in [0.29, 0.717) is 25.2 Å². The van der Waals surface area contributed by atoms with Gasteiger partial charge in [-0.05, 0) is 42.6 Å². The van der Waals surface area contributed by atoms with Crippen molar-refractivity contribution < 1.29 is 4.79 Å². The number of H-pyrrole nitrogens is 1. The van der Waals surface area contributed by atoms with Gasteiger partial charge in [0.2, 0.25) is 0 Å². The lowest BCUT2D eigenvalue weighted by Gasteiger charge is -2.34. The van der Waals surface area contributed by atoms with E-state index in [1.165, 1.54) is 5.56 Å². The molecule has 6 nitrogen and oxygen atoms in total. The molecular formula is C21H22N4O2. The van der Waals surface area contributed by atoms with Gasteiger partial charge in [0.05, 0.1) is 5.56 Å². The number of carbonyl (C=O) groups excluding carboxylic acids is 1. The van der Waals surface area contributed by atoms with Crippen molar-refractivity contribution in [3.8, 4) is 0 Å². The third-order valence-electron chi connectivity index (χ3n) is 5.04. The summed E-state index contributed by atoms with van der Waals surface area (Å²) in [6.45, 7) is 5.43. The number of amides is 1. The van der Waals surface area contributed by atoms with Gasteiger partial charge in [-0.25, -0.2) is 0 Å². The van der Waals surface area contributed by atoms with E-state index < -0.39 is 0 Å². The summed E-state index contributed by atoms with van der Waals surface area (Å²) in [5, 5.41) is 1.05. The van der Waals surface area contributed by atoms with Gasteiger partial charge in [0.15, 0.2) is 0 Å². The Morgan fingerprint density at radius 3 is 2.70 bits per heavy atom. The SMILES string of the molecule is Cc1ccc2[nH]c(=O)c(CN3CCN(C(=O)c4cccnc4)CC3)cc2c1. The summed E-state index contributed by atoms with van der Waals surface area (Å²) in [4.78, 5) is 36.0. The fourth-order valence-corrected chi connectivity index (χ4v) is 3.51. The fraction of sp³-hybridized carbons (Fsp3) is 0.286. The number of pyridine rings is 2. The van der Waals surface area contributed by atoms with E-state index in [2.05, 4.69) is 20.9 Å². The predicted octanol–water partition coefficient (Wildman–Crippen LogP) is 2.19. The molecule has 1 fully saturated rings. The average molecular weight is 362 g/mol. The molecule has 1 amide bonds. The summed E-state index contributed by atoms with van der Waals surface area (Å²) < 4.78 is 0. The number of aryl methyl sites for hydroxylation is 1. The first-order chi connectivity index (χ1) is 13.1. The number of hydrogen-bond donors (Lipinski definition) is 1. The number of aromatic nitrogens is 2. The zero-order valence-electron chi connectivity index (χ0n) is 15.3. The van der Waals surface area contributed by atoms with Crippen molar-refractivity contribution in [3.05, 3.63) is 75.8 Å². The lowest BCUT2D eigenvalue weighted by Crippen LogP contribution is -2.48. The number of fused-ring (bicyclic) bond motifs is 1. The highest BCUT2D eigenvalue weighted by Gasteiger charge is 2.22. The molecule has 1 aliphatic rings. The summed E-state index contributed by atoms with van der Waals surface area (Å²) >= 11 is 0. The second kappa shape index (κ2) is 7.32. The molecular weight excluding hydrogens is 340 g/mol. The third kappa shape index (κ3) is 3.75. The van der Waals surface area contributed by atoms with Gasteiger partial charge in [-0.2, -0.15) is 0 Å². The van der Waals surface area contributed by atoms with Gasteiger partial charge in [0, 0.05) is 56.2 Å². The van der Waals surface area contributed by atoms with Crippen LogP contribution >= 0.6 is 0 Å². The number of hydrogen-bond acceptors (Lipinski definition) is 4. The summed E-state index contributed by atoms with van der Waals surface area (Å²) in [5.41, 5.74) is 3.37. The van der Waals surface area contributed by atoms with Crippen molar-refractivity contribution in [2.24, 2.45) is 0 Å². The van der Waals surface area contributed by atoms with Crippen LogP contribution in [0, 0.1) is 6.92 Å². The summed E-state index contributed by atoms with van der Waals surface area (Å²) in [7, 11) is 0. The van der Waals surface area contributed by atoms with E-state index in [0.717, 1.165) is 29.6 Å². The van der Waals surface area contributed by atoms with Gasteiger partial charge in [-0.3, -0.25) is 19.5 Å². The monoisotopic (exact) mass is 362 g/mol. The number of benzene rings is 1. The lowest BCUT2D eigenvalue weighted by molar-refractivity contribution is 0.0627. The van der Waals surface area contributed by atoms with E-state index >= 15 is 0 Å². The van der Waals surface area contributed by atoms with Crippen LogP contribution in [0.2, 0.25) is 0 Å². The van der Waals surface area contributed by atoms with Crippen LogP contribution in [0.4, 0.5) is 0 Å². The van der Waals surface area contributed by atoms with Crippen LogP contribution in [-0.4, -0.2) is 51.9 Å². The second-order valence-corrected chi connectivity index (χ2v) is 7.02. The molecule has 1 aromatic carbocycles. The van der Waals surface area contributed by atoms with Crippen molar-refractivity contribution in [2.75, 3.05) is 26.2 Å². The Bertz CT molecular complexity index is 1020. The maximum absolute atomic E-state index is 12.5. The minimum atomic E-state index is -0.0415. The zero-order chi connectivity index (χ0) is 18.8. The molecule has 0 radical (unpaired) electrons. The van der Waals surface area contributed by atoms with Gasteiger partial charge in [0.1, 0.15) is 0 Å². The van der Waals surface area contributed by atoms with Crippen LogP contribution in [0.5, 0.6) is 0 Å². The van der Waals surface area contributed by atoms with E-state index in [1.54, 1.807) is 24.5 Å². The first-order valence-corrected chi connectivity index (χ1v) is 9.14. The summed E-state index contributed by atoms with van der Waals surface area (Å²) in [6.07, 6.45) is 3.27. The number of piperazine rings is 1. The van der Waals surface area contributed by atoms with Crippen LogP contribution < -0.4 is 5.56 Å². The Morgan fingerprint density at radius 1 is 1.15 bits per heavy atom. The molecule has 0 saturated carbocycles. The van der Waals surface area contributed by atoms with Gasteiger partial charge in [-0.15, -0.1) is 0 Å². The van der Waals surface area contributed by atoms with Crippen LogP contribution in [0.1, 0.15) is 21.5 Å². The van der Waals surface area contributed by atoms with Crippen molar-refractivity contribution in [2.45, 2.75) is 13.5 Å². The molecule has 27 heavy (non-hydrogen) atoms. The third-order valence-corrected chi connectivity index (χ3v) is 5.04. The Kier molecular flexibility index (Phi) is 4.73. The maximum Gasteiger partial charge on any atom is 0.255 e. The van der Waals surface area contributed by atoms with Gasteiger partial charge in [0.25, 0.3) is 11.5 Å². The van der Waals surface area contributed by atoms with Crippen LogP contribution in [-0.2, 0) is 6.54 Å². The van der Waals surface area contributed by atoms with E-state index in [9.17, 15) is 9.59 Å². The Morgan fingerprint density at radius 2 is 1.96 bits per heavy atom. The number of nitrogens with one attached hydrogen (secondary N) is 1. The summed E-state index contributed by atoms with van der Waals surface area (Å²) in [5.74, 6) is 0.0155. The Balaban J connectivity index is 1.43. The minimum Gasteiger partial charge on any atom is -0.336 e. The van der Waals surface area contributed by atoms with Gasteiger partial charge >= 0.3 is 0 Å². The quantitative estimate of drug-likeness (QED) is 0.775. The topological polar surface area (TPSA) is 69.3 Å². The number of carbonyl (C=O) groups is 1. The molecule has 1 N–H and O–H groups in total. The lowest BCUT2D eigenvalue weighted by atomic mass is 10.1. The van der Waals surface area contributed by atoms with Gasteiger partial charge in [-0.1, -0.05) is 11.6 Å². The molecule has 1 saturated heterocycles. The molecule has 3 aromatic rings.